The summed E-state index contributed by atoms with van der Waals surface area (Å²) in [5.41, 5.74) is 2.46. The second-order valence-corrected chi connectivity index (χ2v) is 14.4. The van der Waals surface area contributed by atoms with E-state index in [1.165, 1.54) is 0 Å². The van der Waals surface area contributed by atoms with Crippen LogP contribution < -0.4 is 10.2 Å². The Morgan fingerprint density at radius 2 is 1.36 bits per heavy atom. The number of anilines is 1. The van der Waals surface area contributed by atoms with Crippen molar-refractivity contribution in [2.24, 2.45) is 17.8 Å². The van der Waals surface area contributed by atoms with Gasteiger partial charge in [-0.25, -0.2) is 4.79 Å². The van der Waals surface area contributed by atoms with Crippen LogP contribution in [-0.2, 0) is 25.7 Å². The summed E-state index contributed by atoms with van der Waals surface area (Å²) >= 11 is 0. The van der Waals surface area contributed by atoms with E-state index in [4.69, 9.17) is 4.74 Å². The maximum atomic E-state index is 13.4. The fraction of sp³-hybridized carbons (Fsp3) is 0.526. The SMILES string of the molecule is O=C1CCC(N2C(=O)c3ccc(N4CCC(CC5CCN(C(=O)C6CCN(C(=O)OCc7ccccc7)CC6)CC5)CC4)cc3C2=O)C(=O)N1. The topological polar surface area (TPSA) is 137 Å². The van der Waals surface area contributed by atoms with Crippen LogP contribution in [0.2, 0.25) is 0 Å². The highest BCUT2D eigenvalue weighted by Gasteiger charge is 2.45. The second kappa shape index (κ2) is 14.6. The van der Waals surface area contributed by atoms with E-state index in [0.29, 0.717) is 48.9 Å². The Balaban J connectivity index is 0.829. The smallest absolute Gasteiger partial charge is 0.410 e. The number of hydrogen-bond donors (Lipinski definition) is 1. The number of fused-ring (bicyclic) bond motifs is 1. The first-order chi connectivity index (χ1) is 24.2. The third-order valence-electron chi connectivity index (χ3n) is 11.3. The van der Waals surface area contributed by atoms with E-state index in [1.807, 2.05) is 41.3 Å². The molecule has 0 aromatic heterocycles. The highest BCUT2D eigenvalue weighted by atomic mass is 16.6. The summed E-state index contributed by atoms with van der Waals surface area (Å²) in [7, 11) is 0. The average Bonchev–Trinajstić information content (AvgIpc) is 3.39. The fourth-order valence-electron chi connectivity index (χ4n) is 8.32. The molecule has 5 aliphatic heterocycles. The van der Waals surface area contributed by atoms with Gasteiger partial charge in [0.15, 0.2) is 0 Å². The van der Waals surface area contributed by atoms with Gasteiger partial charge in [0, 0.05) is 57.3 Å². The van der Waals surface area contributed by atoms with Crippen LogP contribution in [-0.4, -0.2) is 95.6 Å². The summed E-state index contributed by atoms with van der Waals surface area (Å²) in [6, 6.07) is 14.0. The molecule has 0 bridgehead atoms. The highest BCUT2D eigenvalue weighted by molar-refractivity contribution is 6.23. The van der Waals surface area contributed by atoms with Crippen molar-refractivity contribution in [1.82, 2.24) is 20.0 Å². The molecule has 1 unspecified atom stereocenters. The van der Waals surface area contributed by atoms with Gasteiger partial charge in [-0.2, -0.15) is 0 Å². The highest BCUT2D eigenvalue weighted by Crippen LogP contribution is 2.35. The molecule has 4 fully saturated rings. The zero-order valence-electron chi connectivity index (χ0n) is 28.4. The number of likely N-dealkylation sites (tertiary alicyclic amines) is 2. The molecule has 0 radical (unpaired) electrons. The second-order valence-electron chi connectivity index (χ2n) is 14.4. The Hall–Kier alpha value is -4.74. The zero-order valence-corrected chi connectivity index (χ0v) is 28.4. The normalized spacial score (nSPS) is 22.5. The van der Waals surface area contributed by atoms with Gasteiger partial charge in [-0.05, 0) is 87.0 Å². The van der Waals surface area contributed by atoms with Crippen LogP contribution in [0.15, 0.2) is 48.5 Å². The third kappa shape index (κ3) is 7.11. The number of piperidine rings is 4. The lowest BCUT2D eigenvalue weighted by atomic mass is 9.82. The number of hydrogen-bond acceptors (Lipinski definition) is 8. The number of benzene rings is 2. The predicted molar refractivity (Wildman–Crippen MR) is 183 cm³/mol. The van der Waals surface area contributed by atoms with Crippen molar-refractivity contribution in [2.45, 2.75) is 70.4 Å². The van der Waals surface area contributed by atoms with E-state index >= 15 is 0 Å². The predicted octanol–water partition coefficient (Wildman–Crippen LogP) is 3.98. The molecule has 12 heteroatoms. The van der Waals surface area contributed by atoms with E-state index in [0.717, 1.165) is 74.4 Å². The molecular weight excluding hydrogens is 638 g/mol. The minimum absolute atomic E-state index is 0.0396. The van der Waals surface area contributed by atoms with Gasteiger partial charge >= 0.3 is 6.09 Å². The largest absolute Gasteiger partial charge is 0.445 e. The van der Waals surface area contributed by atoms with Gasteiger partial charge in [-0.3, -0.25) is 34.2 Å². The molecule has 4 saturated heterocycles. The number of nitrogens with one attached hydrogen (secondary N) is 1. The molecule has 12 nitrogen and oxygen atoms in total. The van der Waals surface area contributed by atoms with Crippen molar-refractivity contribution in [3.63, 3.8) is 0 Å². The molecule has 0 saturated carbocycles. The Morgan fingerprint density at radius 1 is 0.720 bits per heavy atom. The first kappa shape index (κ1) is 33.7. The Bertz CT molecular complexity index is 1640. The minimum atomic E-state index is -0.967. The maximum Gasteiger partial charge on any atom is 0.410 e. The molecule has 6 amide bonds. The fourth-order valence-corrected chi connectivity index (χ4v) is 8.32. The van der Waals surface area contributed by atoms with Crippen molar-refractivity contribution in [2.75, 3.05) is 44.2 Å². The number of nitrogens with zero attached hydrogens (tertiary/aromatic N) is 4. The lowest BCUT2D eigenvalue weighted by molar-refractivity contribution is -0.138. The van der Waals surface area contributed by atoms with Crippen LogP contribution in [0.3, 0.4) is 0 Å². The Kier molecular flexibility index (Phi) is 9.87. The molecule has 7 rings (SSSR count). The van der Waals surface area contributed by atoms with Crippen LogP contribution in [0.1, 0.15) is 84.1 Å². The number of amides is 6. The molecule has 1 atom stereocenters. The number of carbonyl (C=O) groups excluding carboxylic acids is 6. The van der Waals surface area contributed by atoms with Gasteiger partial charge in [0.1, 0.15) is 12.6 Å². The molecule has 2 aromatic rings. The van der Waals surface area contributed by atoms with Gasteiger partial charge in [0.25, 0.3) is 11.8 Å². The average molecular weight is 684 g/mol. The molecule has 264 valence electrons. The molecule has 5 aliphatic rings. The summed E-state index contributed by atoms with van der Waals surface area (Å²) in [6.45, 7) is 4.64. The van der Waals surface area contributed by atoms with Gasteiger partial charge < -0.3 is 19.4 Å². The minimum Gasteiger partial charge on any atom is -0.445 e. The van der Waals surface area contributed by atoms with E-state index in [9.17, 15) is 28.8 Å². The van der Waals surface area contributed by atoms with E-state index in [2.05, 4.69) is 10.2 Å². The monoisotopic (exact) mass is 683 g/mol. The molecule has 2 aromatic carbocycles. The summed E-state index contributed by atoms with van der Waals surface area (Å²) in [4.78, 5) is 83.2. The summed E-state index contributed by atoms with van der Waals surface area (Å²) < 4.78 is 5.48. The molecule has 50 heavy (non-hydrogen) atoms. The molecule has 5 heterocycles. The maximum absolute atomic E-state index is 13.4. The number of imide groups is 2. The number of rotatable bonds is 7. The summed E-state index contributed by atoms with van der Waals surface area (Å²) in [6.07, 6.45) is 6.52. The lowest BCUT2D eigenvalue weighted by Gasteiger charge is -2.39. The van der Waals surface area contributed by atoms with Crippen LogP contribution in [0.25, 0.3) is 0 Å². The van der Waals surface area contributed by atoms with Crippen molar-refractivity contribution in [3.05, 3.63) is 65.2 Å². The molecule has 0 spiro atoms. The van der Waals surface area contributed by atoms with Crippen molar-refractivity contribution < 1.29 is 33.5 Å². The van der Waals surface area contributed by atoms with Crippen LogP contribution in [0, 0.1) is 17.8 Å². The van der Waals surface area contributed by atoms with Gasteiger partial charge in [0.05, 0.1) is 11.1 Å². The van der Waals surface area contributed by atoms with Crippen LogP contribution in [0.4, 0.5) is 10.5 Å². The Labute approximate surface area is 292 Å². The standard InChI is InChI=1S/C38H45N5O7/c44-33-9-8-32(34(45)39-33)43-36(47)30-7-6-29(23-31(30)37(43)48)40-16-10-25(11-17-40)22-26-12-18-41(19-13-26)35(46)28-14-20-42(21-15-28)38(49)50-24-27-4-2-1-3-5-27/h1-7,23,25-26,28,32H,8-22,24H2,(H,39,44,45). The molecule has 0 aliphatic carbocycles. The van der Waals surface area contributed by atoms with Crippen molar-refractivity contribution >= 4 is 41.3 Å². The summed E-state index contributed by atoms with van der Waals surface area (Å²) in [5, 5.41) is 2.24. The van der Waals surface area contributed by atoms with Gasteiger partial charge in [-0.1, -0.05) is 30.3 Å². The number of ether oxygens (including phenoxy) is 1. The van der Waals surface area contributed by atoms with E-state index in [-0.39, 0.29) is 37.4 Å². The van der Waals surface area contributed by atoms with Crippen molar-refractivity contribution in [1.29, 1.82) is 0 Å². The first-order valence-corrected chi connectivity index (χ1v) is 18.1. The van der Waals surface area contributed by atoms with Crippen molar-refractivity contribution in [3.8, 4) is 0 Å². The van der Waals surface area contributed by atoms with Gasteiger partial charge in [0.2, 0.25) is 17.7 Å². The zero-order chi connectivity index (χ0) is 34.8. The van der Waals surface area contributed by atoms with E-state index < -0.39 is 29.7 Å². The van der Waals surface area contributed by atoms with Crippen LogP contribution >= 0.6 is 0 Å². The first-order valence-electron chi connectivity index (χ1n) is 18.1. The summed E-state index contributed by atoms with van der Waals surface area (Å²) in [5.74, 6) is -0.579. The van der Waals surface area contributed by atoms with E-state index in [1.54, 1.807) is 17.0 Å². The third-order valence-corrected chi connectivity index (χ3v) is 11.3. The lowest BCUT2D eigenvalue weighted by Crippen LogP contribution is -2.54. The number of carbonyl (C=O) groups is 6. The van der Waals surface area contributed by atoms with Gasteiger partial charge in [-0.15, -0.1) is 0 Å². The quantitative estimate of drug-likeness (QED) is 0.433. The molecular formula is C38H45N5O7. The van der Waals surface area contributed by atoms with Crippen LogP contribution in [0.5, 0.6) is 0 Å². The molecule has 1 N–H and O–H groups in total. The Morgan fingerprint density at radius 3 is 2.04 bits per heavy atom.